The number of aliphatic hydroxyl groups excluding tert-OH is 1. The summed E-state index contributed by atoms with van der Waals surface area (Å²) in [5.74, 6) is -1.18. The van der Waals surface area contributed by atoms with E-state index in [1.54, 1.807) is 0 Å². The van der Waals surface area contributed by atoms with Gasteiger partial charge in [0.05, 0.1) is 18.8 Å². The zero-order valence-electron chi connectivity index (χ0n) is 9.64. The molecule has 0 saturated carbocycles. The molecule has 0 bridgehead atoms. The Morgan fingerprint density at radius 3 is 1.60 bits per heavy atom. The van der Waals surface area contributed by atoms with Crippen LogP contribution in [0.15, 0.2) is 0 Å². The van der Waals surface area contributed by atoms with Crippen molar-refractivity contribution in [2.75, 3.05) is 6.61 Å². The van der Waals surface area contributed by atoms with E-state index in [9.17, 15) is 4.79 Å². The lowest BCUT2D eigenvalue weighted by Gasteiger charge is -2.09. The molecule has 94 valence electrons. The minimum absolute atomic E-state index is 0. The van der Waals surface area contributed by atoms with Gasteiger partial charge in [0, 0.05) is 0 Å². The number of hydrogen-bond acceptors (Lipinski definition) is 4. The van der Waals surface area contributed by atoms with Gasteiger partial charge in [0.1, 0.15) is 6.04 Å². The van der Waals surface area contributed by atoms with Crippen molar-refractivity contribution in [1.82, 2.24) is 0 Å². The highest BCUT2D eigenvalue weighted by molar-refractivity contribution is 5.85. The fraction of sp³-hybridized carbons (Fsp3) is 0.889. The van der Waals surface area contributed by atoms with E-state index in [0.717, 1.165) is 0 Å². The summed E-state index contributed by atoms with van der Waals surface area (Å²) in [4.78, 5) is 9.65. The molecule has 1 atom stereocenters. The van der Waals surface area contributed by atoms with Gasteiger partial charge in [-0.2, -0.15) is 0 Å². The number of carbonyl (C=O) groups is 1. The second-order valence-corrected chi connectivity index (χ2v) is 3.36. The summed E-state index contributed by atoms with van der Waals surface area (Å²) in [6.07, 6.45) is 0.750. The third kappa shape index (κ3) is 19.9. The van der Waals surface area contributed by atoms with Crippen LogP contribution in [-0.4, -0.2) is 41.0 Å². The SMILES string of the molecule is CC(C)OC(C)C.Cl.N[C@H](CO)C(=O)O. The van der Waals surface area contributed by atoms with E-state index in [2.05, 4.69) is 0 Å². The highest BCUT2D eigenvalue weighted by Gasteiger charge is 2.06. The van der Waals surface area contributed by atoms with Crippen LogP contribution >= 0.6 is 12.4 Å². The molecule has 0 aromatic carbocycles. The highest BCUT2D eigenvalue weighted by atomic mass is 35.5. The van der Waals surface area contributed by atoms with E-state index in [0.29, 0.717) is 12.2 Å². The summed E-state index contributed by atoms with van der Waals surface area (Å²) in [5, 5.41) is 15.9. The predicted molar refractivity (Wildman–Crippen MR) is 61.3 cm³/mol. The quantitative estimate of drug-likeness (QED) is 0.674. The molecule has 0 fully saturated rings. The summed E-state index contributed by atoms with van der Waals surface area (Å²) < 4.78 is 5.25. The molecule has 4 N–H and O–H groups in total. The number of ether oxygens (including phenoxy) is 1. The normalized spacial score (nSPS) is 11.5. The fourth-order valence-corrected chi connectivity index (χ4v) is 0.622. The van der Waals surface area contributed by atoms with Crippen molar-refractivity contribution in [3.8, 4) is 0 Å². The van der Waals surface area contributed by atoms with Crippen molar-refractivity contribution < 1.29 is 19.7 Å². The second kappa shape index (κ2) is 11.7. The second-order valence-electron chi connectivity index (χ2n) is 3.36. The van der Waals surface area contributed by atoms with Gasteiger partial charge in [-0.3, -0.25) is 4.79 Å². The first-order valence-corrected chi connectivity index (χ1v) is 4.56. The van der Waals surface area contributed by atoms with E-state index >= 15 is 0 Å². The Labute approximate surface area is 97.0 Å². The van der Waals surface area contributed by atoms with Gasteiger partial charge >= 0.3 is 5.97 Å². The maximum atomic E-state index is 9.65. The summed E-state index contributed by atoms with van der Waals surface area (Å²) >= 11 is 0. The zero-order valence-corrected chi connectivity index (χ0v) is 10.5. The van der Waals surface area contributed by atoms with Crippen LogP contribution < -0.4 is 5.73 Å². The van der Waals surface area contributed by atoms with Gasteiger partial charge in [0.15, 0.2) is 0 Å². The van der Waals surface area contributed by atoms with Crippen molar-refractivity contribution in [3.05, 3.63) is 0 Å². The number of aliphatic hydroxyl groups is 1. The number of carboxylic acids is 1. The summed E-state index contributed by atoms with van der Waals surface area (Å²) in [6.45, 7) is 7.66. The van der Waals surface area contributed by atoms with Crippen LogP contribution in [0.4, 0.5) is 0 Å². The van der Waals surface area contributed by atoms with Crippen LogP contribution in [0.2, 0.25) is 0 Å². The van der Waals surface area contributed by atoms with Crippen molar-refractivity contribution in [3.63, 3.8) is 0 Å². The molecule has 0 aliphatic heterocycles. The Morgan fingerprint density at radius 1 is 1.27 bits per heavy atom. The molecule has 0 aromatic rings. The first-order valence-electron chi connectivity index (χ1n) is 4.56. The summed E-state index contributed by atoms with van der Waals surface area (Å²) in [6, 6.07) is -1.13. The average molecular weight is 244 g/mol. The van der Waals surface area contributed by atoms with Gasteiger partial charge in [-0.25, -0.2) is 0 Å². The largest absolute Gasteiger partial charge is 0.480 e. The molecule has 5 nitrogen and oxygen atoms in total. The Bertz CT molecular complexity index is 147. The Kier molecular flexibility index (Phi) is 15.7. The lowest BCUT2D eigenvalue weighted by molar-refractivity contribution is -0.139. The molecular weight excluding hydrogens is 222 g/mol. The van der Waals surface area contributed by atoms with Crippen LogP contribution in [0.1, 0.15) is 27.7 Å². The average Bonchev–Trinajstić information content (AvgIpc) is 2.01. The number of rotatable bonds is 4. The third-order valence-electron chi connectivity index (χ3n) is 1.06. The molecule has 6 heteroatoms. The van der Waals surface area contributed by atoms with Gasteiger partial charge in [0.2, 0.25) is 0 Å². The van der Waals surface area contributed by atoms with E-state index in [1.807, 2.05) is 27.7 Å². The number of aliphatic carboxylic acids is 1. The fourth-order valence-electron chi connectivity index (χ4n) is 0.622. The Hall–Kier alpha value is -0.360. The topological polar surface area (TPSA) is 92.8 Å². The minimum Gasteiger partial charge on any atom is -0.480 e. The van der Waals surface area contributed by atoms with Gasteiger partial charge < -0.3 is 20.7 Å². The zero-order chi connectivity index (χ0) is 11.7. The number of carboxylic acid groups (broad SMARTS) is 1. The molecule has 0 aliphatic rings. The number of hydrogen-bond donors (Lipinski definition) is 3. The molecule has 0 aromatic heterocycles. The molecule has 0 radical (unpaired) electrons. The van der Waals surface area contributed by atoms with Crippen molar-refractivity contribution in [2.45, 2.75) is 45.9 Å². The van der Waals surface area contributed by atoms with Crippen molar-refractivity contribution in [1.29, 1.82) is 0 Å². The first kappa shape index (κ1) is 20.1. The first-order chi connectivity index (χ1) is 6.31. The number of halogens is 1. The molecular formula is C9H22ClNO4. The summed E-state index contributed by atoms with van der Waals surface area (Å²) in [5.41, 5.74) is 4.77. The molecule has 0 rings (SSSR count). The Balaban J connectivity index is -0.000000180. The lowest BCUT2D eigenvalue weighted by Crippen LogP contribution is -2.33. The highest BCUT2D eigenvalue weighted by Crippen LogP contribution is 1.93. The van der Waals surface area contributed by atoms with E-state index in [-0.39, 0.29) is 12.4 Å². The Morgan fingerprint density at radius 2 is 1.60 bits per heavy atom. The van der Waals surface area contributed by atoms with Crippen LogP contribution in [0, 0.1) is 0 Å². The molecule has 0 amide bonds. The van der Waals surface area contributed by atoms with Crippen LogP contribution in [0.3, 0.4) is 0 Å². The van der Waals surface area contributed by atoms with Gasteiger partial charge in [-0.05, 0) is 27.7 Å². The van der Waals surface area contributed by atoms with Crippen LogP contribution in [-0.2, 0) is 9.53 Å². The molecule has 0 heterocycles. The molecule has 15 heavy (non-hydrogen) atoms. The molecule has 0 aliphatic carbocycles. The van der Waals surface area contributed by atoms with Crippen LogP contribution in [0.5, 0.6) is 0 Å². The van der Waals surface area contributed by atoms with Crippen molar-refractivity contribution >= 4 is 18.4 Å². The number of nitrogens with two attached hydrogens (primary N) is 1. The van der Waals surface area contributed by atoms with E-state index in [4.69, 9.17) is 20.7 Å². The summed E-state index contributed by atoms with van der Waals surface area (Å²) in [7, 11) is 0. The van der Waals surface area contributed by atoms with Crippen LogP contribution in [0.25, 0.3) is 0 Å². The maximum absolute atomic E-state index is 9.65. The van der Waals surface area contributed by atoms with Gasteiger partial charge in [-0.1, -0.05) is 0 Å². The molecule has 0 saturated heterocycles. The van der Waals surface area contributed by atoms with E-state index < -0.39 is 18.6 Å². The van der Waals surface area contributed by atoms with Crippen molar-refractivity contribution in [2.24, 2.45) is 5.73 Å². The maximum Gasteiger partial charge on any atom is 0.322 e. The van der Waals surface area contributed by atoms with Gasteiger partial charge in [0.25, 0.3) is 0 Å². The molecule has 0 unspecified atom stereocenters. The minimum atomic E-state index is -1.18. The predicted octanol–water partition coefficient (Wildman–Crippen LogP) is 0.632. The van der Waals surface area contributed by atoms with Gasteiger partial charge in [-0.15, -0.1) is 12.4 Å². The van der Waals surface area contributed by atoms with E-state index in [1.165, 1.54) is 0 Å². The lowest BCUT2D eigenvalue weighted by atomic mass is 10.3. The smallest absolute Gasteiger partial charge is 0.322 e. The monoisotopic (exact) mass is 243 g/mol. The molecule has 0 spiro atoms. The standard InChI is InChI=1S/C6H14O.C3H7NO3.ClH/c1-5(2)7-6(3)4;4-2(1-5)3(6)7;/h5-6H,1-4H3;2,5H,1,4H2,(H,6,7);1H/t;2-;/m.1./s1. The third-order valence-corrected chi connectivity index (χ3v) is 1.06.